The Morgan fingerprint density at radius 3 is 2.52 bits per heavy atom. The lowest BCUT2D eigenvalue weighted by atomic mass is 9.53. The number of aliphatic hydroxyl groups is 1. The molecule has 5 heteroatoms. The highest BCUT2D eigenvalue weighted by Crippen LogP contribution is 2.55. The minimum Gasteiger partial charge on any atom is -0.396 e. The zero-order valence-electron chi connectivity index (χ0n) is 13.7. The van der Waals surface area contributed by atoms with E-state index in [2.05, 4.69) is 20.8 Å². The van der Waals surface area contributed by atoms with Crippen LogP contribution in [0.3, 0.4) is 0 Å². The van der Waals surface area contributed by atoms with Crippen LogP contribution in [0, 0.1) is 29.1 Å². The molecule has 4 nitrogen and oxygen atoms in total. The first kappa shape index (κ1) is 17.2. The fourth-order valence-electron chi connectivity index (χ4n) is 4.61. The van der Waals surface area contributed by atoms with E-state index in [1.807, 2.05) is 0 Å². The normalized spacial score (nSPS) is 42.3. The summed E-state index contributed by atoms with van der Waals surface area (Å²) in [5, 5.41) is 9.41. The summed E-state index contributed by atoms with van der Waals surface area (Å²) in [5.41, 5.74) is 0.308. The zero-order chi connectivity index (χ0) is 15.8. The van der Waals surface area contributed by atoms with Gasteiger partial charge in [0.25, 0.3) is 10.1 Å². The van der Waals surface area contributed by atoms with Gasteiger partial charge in [-0.15, -0.1) is 0 Å². The molecule has 2 aliphatic rings. The molecule has 2 rings (SSSR count). The molecule has 0 aromatic heterocycles. The van der Waals surface area contributed by atoms with Crippen molar-refractivity contribution in [1.82, 2.24) is 0 Å². The third kappa shape index (κ3) is 3.80. The SMILES string of the molecule is C[C@@H]1[C@H]2C[C@H]([C@@H](C)CO)CC[C@]2(C)CC[C@H]1OS(C)(=O)=O. The summed E-state index contributed by atoms with van der Waals surface area (Å²) in [6, 6.07) is 0. The lowest BCUT2D eigenvalue weighted by Crippen LogP contribution is -2.48. The van der Waals surface area contributed by atoms with Crippen molar-refractivity contribution in [2.24, 2.45) is 29.1 Å². The zero-order valence-corrected chi connectivity index (χ0v) is 14.5. The molecular weight excluding hydrogens is 288 g/mol. The van der Waals surface area contributed by atoms with Crippen molar-refractivity contribution in [3.05, 3.63) is 0 Å². The third-order valence-electron chi connectivity index (χ3n) is 6.15. The molecule has 0 saturated heterocycles. The number of rotatable bonds is 4. The summed E-state index contributed by atoms with van der Waals surface area (Å²) in [4.78, 5) is 0. The van der Waals surface area contributed by atoms with Gasteiger partial charge in [0.15, 0.2) is 0 Å². The van der Waals surface area contributed by atoms with Gasteiger partial charge in [0, 0.05) is 6.61 Å². The molecule has 0 unspecified atom stereocenters. The molecule has 0 amide bonds. The molecule has 21 heavy (non-hydrogen) atoms. The molecule has 124 valence electrons. The van der Waals surface area contributed by atoms with E-state index in [0.717, 1.165) is 25.5 Å². The topological polar surface area (TPSA) is 63.6 Å². The van der Waals surface area contributed by atoms with Crippen LogP contribution in [0.25, 0.3) is 0 Å². The molecule has 1 N–H and O–H groups in total. The van der Waals surface area contributed by atoms with E-state index in [4.69, 9.17) is 4.18 Å². The first-order valence-corrected chi connectivity index (χ1v) is 9.97. The monoisotopic (exact) mass is 318 g/mol. The quantitative estimate of drug-likeness (QED) is 0.810. The molecule has 0 spiro atoms. The summed E-state index contributed by atoms with van der Waals surface area (Å²) in [6.07, 6.45) is 6.29. The van der Waals surface area contributed by atoms with Crippen LogP contribution in [0.5, 0.6) is 0 Å². The molecule has 0 aromatic carbocycles. The smallest absolute Gasteiger partial charge is 0.264 e. The highest BCUT2D eigenvalue weighted by molar-refractivity contribution is 7.86. The van der Waals surface area contributed by atoms with E-state index < -0.39 is 10.1 Å². The van der Waals surface area contributed by atoms with Crippen LogP contribution in [-0.4, -0.2) is 32.5 Å². The summed E-state index contributed by atoms with van der Waals surface area (Å²) >= 11 is 0. The van der Waals surface area contributed by atoms with Crippen LogP contribution in [0.4, 0.5) is 0 Å². The van der Waals surface area contributed by atoms with Crippen molar-refractivity contribution in [2.45, 2.75) is 59.0 Å². The molecule has 0 heterocycles. The van der Waals surface area contributed by atoms with Gasteiger partial charge in [-0.3, -0.25) is 4.18 Å². The minimum atomic E-state index is -3.39. The summed E-state index contributed by atoms with van der Waals surface area (Å²) < 4.78 is 28.2. The molecule has 0 aromatic rings. The molecule has 6 atom stereocenters. The van der Waals surface area contributed by atoms with Crippen LogP contribution in [0.2, 0.25) is 0 Å². The average molecular weight is 318 g/mol. The Kier molecular flexibility index (Phi) is 5.06. The fourth-order valence-corrected chi connectivity index (χ4v) is 5.33. The maximum Gasteiger partial charge on any atom is 0.264 e. The lowest BCUT2D eigenvalue weighted by molar-refractivity contribution is -0.0650. The fraction of sp³-hybridized carbons (Fsp3) is 1.00. The molecule has 0 aliphatic heterocycles. The Morgan fingerprint density at radius 1 is 1.33 bits per heavy atom. The second-order valence-electron chi connectivity index (χ2n) is 7.69. The summed E-state index contributed by atoms with van der Waals surface area (Å²) in [5.74, 6) is 1.63. The van der Waals surface area contributed by atoms with E-state index in [9.17, 15) is 13.5 Å². The van der Waals surface area contributed by atoms with Gasteiger partial charge in [-0.2, -0.15) is 8.42 Å². The number of hydrogen-bond donors (Lipinski definition) is 1. The van der Waals surface area contributed by atoms with Gasteiger partial charge in [0.1, 0.15) is 0 Å². The van der Waals surface area contributed by atoms with E-state index in [-0.39, 0.29) is 18.6 Å². The number of hydrogen-bond acceptors (Lipinski definition) is 4. The van der Waals surface area contributed by atoms with E-state index in [0.29, 0.717) is 23.2 Å². The maximum absolute atomic E-state index is 11.4. The van der Waals surface area contributed by atoms with Gasteiger partial charge >= 0.3 is 0 Å². The largest absolute Gasteiger partial charge is 0.396 e. The van der Waals surface area contributed by atoms with Crippen molar-refractivity contribution < 1.29 is 17.7 Å². The van der Waals surface area contributed by atoms with Crippen LogP contribution in [-0.2, 0) is 14.3 Å². The first-order chi connectivity index (χ1) is 9.66. The Hall–Kier alpha value is -0.130. The van der Waals surface area contributed by atoms with Crippen LogP contribution in [0.15, 0.2) is 0 Å². The van der Waals surface area contributed by atoms with Gasteiger partial charge in [0.2, 0.25) is 0 Å². The van der Waals surface area contributed by atoms with Crippen LogP contribution < -0.4 is 0 Å². The molecule has 0 radical (unpaired) electrons. The highest BCUT2D eigenvalue weighted by Gasteiger charge is 2.49. The Morgan fingerprint density at radius 2 is 1.95 bits per heavy atom. The summed E-state index contributed by atoms with van der Waals surface area (Å²) in [6.45, 7) is 6.85. The van der Waals surface area contributed by atoms with E-state index in [1.54, 1.807) is 0 Å². The van der Waals surface area contributed by atoms with Crippen LogP contribution >= 0.6 is 0 Å². The summed E-state index contributed by atoms with van der Waals surface area (Å²) in [7, 11) is -3.39. The van der Waals surface area contributed by atoms with Crippen LogP contribution in [0.1, 0.15) is 52.9 Å². The first-order valence-electron chi connectivity index (χ1n) is 8.15. The maximum atomic E-state index is 11.4. The molecule has 2 aliphatic carbocycles. The van der Waals surface area contributed by atoms with Gasteiger partial charge in [-0.25, -0.2) is 0 Å². The van der Waals surface area contributed by atoms with Crippen molar-refractivity contribution in [2.75, 3.05) is 12.9 Å². The minimum absolute atomic E-state index is 0.179. The molecule has 2 fully saturated rings. The van der Waals surface area contributed by atoms with Crippen molar-refractivity contribution in [3.8, 4) is 0 Å². The Balaban J connectivity index is 2.13. The van der Waals surface area contributed by atoms with Crippen molar-refractivity contribution >= 4 is 10.1 Å². The lowest BCUT2D eigenvalue weighted by Gasteiger charge is -2.53. The Labute approximate surface area is 129 Å². The van der Waals surface area contributed by atoms with Gasteiger partial charge in [-0.1, -0.05) is 20.8 Å². The number of aliphatic hydroxyl groups excluding tert-OH is 1. The standard InChI is InChI=1S/C16H30O4S/c1-11(10-17)13-5-7-16(3)8-6-15(20-21(4,18)19)12(2)14(16)9-13/h11-15,17H,5-10H2,1-4H3/t11-,12+,13+,14+,15+,16+/m0/s1. The van der Waals surface area contributed by atoms with Crippen molar-refractivity contribution in [1.29, 1.82) is 0 Å². The predicted molar refractivity (Wildman–Crippen MR) is 83.3 cm³/mol. The third-order valence-corrected chi connectivity index (χ3v) is 6.75. The average Bonchev–Trinajstić information content (AvgIpc) is 2.40. The van der Waals surface area contributed by atoms with Gasteiger partial charge in [-0.05, 0) is 61.2 Å². The highest BCUT2D eigenvalue weighted by atomic mass is 32.2. The predicted octanol–water partition coefficient (Wildman–Crippen LogP) is 2.81. The second kappa shape index (κ2) is 6.17. The van der Waals surface area contributed by atoms with E-state index in [1.165, 1.54) is 12.8 Å². The molecule has 0 bridgehead atoms. The second-order valence-corrected chi connectivity index (χ2v) is 9.29. The van der Waals surface area contributed by atoms with E-state index >= 15 is 0 Å². The van der Waals surface area contributed by atoms with Gasteiger partial charge < -0.3 is 5.11 Å². The van der Waals surface area contributed by atoms with Crippen molar-refractivity contribution in [3.63, 3.8) is 0 Å². The van der Waals surface area contributed by atoms with Gasteiger partial charge in [0.05, 0.1) is 12.4 Å². The molecule has 2 saturated carbocycles. The number of fused-ring (bicyclic) bond motifs is 1. The Bertz CT molecular complexity index is 461. The molecular formula is C16H30O4S.